The van der Waals surface area contributed by atoms with Crippen LogP contribution in [0.2, 0.25) is 0 Å². The van der Waals surface area contributed by atoms with Gasteiger partial charge in [0.25, 0.3) is 5.91 Å². The second-order valence-corrected chi connectivity index (χ2v) is 4.13. The van der Waals surface area contributed by atoms with Crippen LogP contribution in [0.1, 0.15) is 16.8 Å². The zero-order valence-corrected chi connectivity index (χ0v) is 9.54. The van der Waals surface area contributed by atoms with E-state index in [1.807, 2.05) is 7.05 Å². The number of amides is 1. The van der Waals surface area contributed by atoms with Gasteiger partial charge in [0.05, 0.1) is 5.56 Å². The Kier molecular flexibility index (Phi) is 3.38. The fourth-order valence-corrected chi connectivity index (χ4v) is 2.02. The molecule has 1 N–H and O–H groups in total. The third-order valence-electron chi connectivity index (χ3n) is 3.07. The summed E-state index contributed by atoms with van der Waals surface area (Å²) in [5.41, 5.74) is -0.193. The maximum Gasteiger partial charge on any atom is 0.256 e. The highest BCUT2D eigenvalue weighted by Gasteiger charge is 2.27. The summed E-state index contributed by atoms with van der Waals surface area (Å²) >= 11 is 0. The molecular weight excluding hydrogens is 226 g/mol. The van der Waals surface area contributed by atoms with Crippen LogP contribution in [0.25, 0.3) is 0 Å². The molecule has 1 fully saturated rings. The quantitative estimate of drug-likeness (QED) is 0.847. The fourth-order valence-electron chi connectivity index (χ4n) is 2.02. The molecule has 1 atom stereocenters. The largest absolute Gasteiger partial charge is 0.337 e. The van der Waals surface area contributed by atoms with Gasteiger partial charge in [0.1, 0.15) is 0 Å². The van der Waals surface area contributed by atoms with Gasteiger partial charge >= 0.3 is 0 Å². The van der Waals surface area contributed by atoms with Crippen molar-refractivity contribution in [3.63, 3.8) is 0 Å². The summed E-state index contributed by atoms with van der Waals surface area (Å²) in [6, 6.07) is 3.90. The summed E-state index contributed by atoms with van der Waals surface area (Å²) in [7, 11) is 1.82. The third kappa shape index (κ3) is 2.29. The van der Waals surface area contributed by atoms with E-state index in [2.05, 4.69) is 5.32 Å². The van der Waals surface area contributed by atoms with Crippen LogP contribution >= 0.6 is 0 Å². The van der Waals surface area contributed by atoms with Crippen LogP contribution in [0.15, 0.2) is 18.2 Å². The summed E-state index contributed by atoms with van der Waals surface area (Å²) in [4.78, 5) is 13.5. The summed E-state index contributed by atoms with van der Waals surface area (Å²) in [6.07, 6.45) is 0.833. The van der Waals surface area contributed by atoms with Crippen molar-refractivity contribution in [2.75, 3.05) is 20.1 Å². The molecule has 1 unspecified atom stereocenters. The SMILES string of the molecule is CNC1CCN(C(=O)c2cccc(F)c2F)C1. The highest BCUT2D eigenvalue weighted by molar-refractivity contribution is 5.94. The summed E-state index contributed by atoms with van der Waals surface area (Å²) in [6.45, 7) is 1.10. The molecule has 0 aromatic heterocycles. The highest BCUT2D eigenvalue weighted by atomic mass is 19.2. The van der Waals surface area contributed by atoms with Gasteiger partial charge in [-0.25, -0.2) is 8.78 Å². The zero-order chi connectivity index (χ0) is 12.4. The minimum Gasteiger partial charge on any atom is -0.337 e. The Bertz CT molecular complexity index is 437. The average Bonchev–Trinajstić information content (AvgIpc) is 2.80. The van der Waals surface area contributed by atoms with Crippen LogP contribution in [0, 0.1) is 11.6 Å². The van der Waals surface area contributed by atoms with Crippen molar-refractivity contribution in [2.24, 2.45) is 0 Å². The molecule has 2 rings (SSSR count). The molecule has 5 heteroatoms. The van der Waals surface area contributed by atoms with Crippen LogP contribution in [0.5, 0.6) is 0 Å². The van der Waals surface area contributed by atoms with E-state index >= 15 is 0 Å². The van der Waals surface area contributed by atoms with Gasteiger partial charge < -0.3 is 10.2 Å². The van der Waals surface area contributed by atoms with Crippen molar-refractivity contribution in [1.29, 1.82) is 0 Å². The van der Waals surface area contributed by atoms with Crippen LogP contribution in [-0.2, 0) is 0 Å². The molecule has 1 aromatic rings. The van der Waals surface area contributed by atoms with Gasteiger partial charge in [0.2, 0.25) is 0 Å². The summed E-state index contributed by atoms with van der Waals surface area (Å²) in [5.74, 6) is -2.50. The molecule has 0 aliphatic carbocycles. The number of hydrogen-bond donors (Lipinski definition) is 1. The molecule has 1 aliphatic heterocycles. The smallest absolute Gasteiger partial charge is 0.256 e. The predicted molar refractivity (Wildman–Crippen MR) is 59.7 cm³/mol. The van der Waals surface area contributed by atoms with Crippen LogP contribution in [0.3, 0.4) is 0 Å². The number of nitrogens with one attached hydrogen (secondary N) is 1. The van der Waals surface area contributed by atoms with Gasteiger partial charge in [-0.3, -0.25) is 4.79 Å². The van der Waals surface area contributed by atoms with Crippen molar-refractivity contribution >= 4 is 5.91 Å². The Morgan fingerprint density at radius 1 is 1.47 bits per heavy atom. The molecule has 1 aliphatic rings. The molecule has 1 aromatic carbocycles. The Labute approximate surface area is 98.4 Å². The standard InChI is InChI=1S/C12H14F2N2O/c1-15-8-5-6-16(7-8)12(17)9-3-2-4-10(13)11(9)14/h2-4,8,15H,5-7H2,1H3. The zero-order valence-electron chi connectivity index (χ0n) is 9.54. The van der Waals surface area contributed by atoms with Crippen molar-refractivity contribution in [3.05, 3.63) is 35.4 Å². The van der Waals surface area contributed by atoms with Gasteiger partial charge in [0.15, 0.2) is 11.6 Å². The van der Waals surface area contributed by atoms with Gasteiger partial charge in [0, 0.05) is 19.1 Å². The Balaban J connectivity index is 2.18. The Morgan fingerprint density at radius 3 is 2.88 bits per heavy atom. The highest BCUT2D eigenvalue weighted by Crippen LogP contribution is 2.17. The second-order valence-electron chi connectivity index (χ2n) is 4.13. The van der Waals surface area contributed by atoms with Crippen molar-refractivity contribution in [2.45, 2.75) is 12.5 Å². The van der Waals surface area contributed by atoms with Gasteiger partial charge in [-0.1, -0.05) is 6.07 Å². The summed E-state index contributed by atoms with van der Waals surface area (Å²) in [5, 5.41) is 3.06. The molecule has 0 bridgehead atoms. The topological polar surface area (TPSA) is 32.3 Å². The molecule has 1 amide bonds. The minimum absolute atomic E-state index is 0.193. The fraction of sp³-hybridized carbons (Fsp3) is 0.417. The lowest BCUT2D eigenvalue weighted by molar-refractivity contribution is 0.0784. The van der Waals surface area contributed by atoms with E-state index in [0.29, 0.717) is 13.1 Å². The molecule has 1 heterocycles. The van der Waals surface area contributed by atoms with Crippen LogP contribution in [0.4, 0.5) is 8.78 Å². The molecule has 0 spiro atoms. The molecule has 3 nitrogen and oxygen atoms in total. The van der Waals surface area contributed by atoms with E-state index in [-0.39, 0.29) is 11.6 Å². The number of halogens is 2. The number of nitrogens with zero attached hydrogens (tertiary/aromatic N) is 1. The Morgan fingerprint density at radius 2 is 2.24 bits per heavy atom. The number of carbonyl (C=O) groups is 1. The van der Waals surface area contributed by atoms with E-state index < -0.39 is 17.5 Å². The third-order valence-corrected chi connectivity index (χ3v) is 3.07. The lowest BCUT2D eigenvalue weighted by Crippen LogP contribution is -2.33. The Hall–Kier alpha value is -1.49. The number of hydrogen-bond acceptors (Lipinski definition) is 2. The van der Waals surface area contributed by atoms with E-state index in [9.17, 15) is 13.6 Å². The van der Waals surface area contributed by atoms with E-state index in [1.165, 1.54) is 12.1 Å². The van der Waals surface area contributed by atoms with Crippen LogP contribution < -0.4 is 5.32 Å². The van der Waals surface area contributed by atoms with Gasteiger partial charge in [-0.05, 0) is 25.6 Å². The van der Waals surface area contributed by atoms with Crippen molar-refractivity contribution < 1.29 is 13.6 Å². The lowest BCUT2D eigenvalue weighted by Gasteiger charge is -2.16. The monoisotopic (exact) mass is 240 g/mol. The molecule has 92 valence electrons. The first kappa shape index (κ1) is 12.0. The number of rotatable bonds is 2. The maximum absolute atomic E-state index is 13.4. The number of likely N-dealkylation sites (tertiary alicyclic amines) is 1. The number of benzene rings is 1. The first-order chi connectivity index (χ1) is 8.13. The first-order valence-electron chi connectivity index (χ1n) is 5.54. The normalized spacial score (nSPS) is 19.7. The van der Waals surface area contributed by atoms with Gasteiger partial charge in [-0.2, -0.15) is 0 Å². The van der Waals surface area contributed by atoms with E-state index in [0.717, 1.165) is 12.5 Å². The molecule has 17 heavy (non-hydrogen) atoms. The number of carbonyl (C=O) groups excluding carboxylic acids is 1. The van der Waals surface area contributed by atoms with E-state index in [4.69, 9.17) is 0 Å². The number of likely N-dealkylation sites (N-methyl/N-ethyl adjacent to an activating group) is 1. The molecular formula is C12H14F2N2O. The van der Waals surface area contributed by atoms with Crippen LogP contribution in [-0.4, -0.2) is 37.0 Å². The second kappa shape index (κ2) is 4.79. The summed E-state index contributed by atoms with van der Waals surface area (Å²) < 4.78 is 26.5. The molecule has 0 saturated carbocycles. The first-order valence-corrected chi connectivity index (χ1v) is 5.54. The molecule has 0 radical (unpaired) electrons. The van der Waals surface area contributed by atoms with Crippen molar-refractivity contribution in [3.8, 4) is 0 Å². The maximum atomic E-state index is 13.4. The lowest BCUT2D eigenvalue weighted by atomic mass is 10.2. The minimum atomic E-state index is -1.06. The predicted octanol–water partition coefficient (Wildman–Crippen LogP) is 1.40. The average molecular weight is 240 g/mol. The van der Waals surface area contributed by atoms with E-state index in [1.54, 1.807) is 4.90 Å². The molecule has 1 saturated heterocycles. The van der Waals surface area contributed by atoms with Gasteiger partial charge in [-0.15, -0.1) is 0 Å². The van der Waals surface area contributed by atoms with Crippen molar-refractivity contribution in [1.82, 2.24) is 10.2 Å².